The summed E-state index contributed by atoms with van der Waals surface area (Å²) in [5.41, 5.74) is 3.55. The number of aromatic nitrogens is 3. The summed E-state index contributed by atoms with van der Waals surface area (Å²) in [5.74, 6) is 0.938. The Labute approximate surface area is 140 Å². The first-order chi connectivity index (χ1) is 10.4. The van der Waals surface area contributed by atoms with E-state index < -0.39 is 0 Å². The third-order valence-electron chi connectivity index (χ3n) is 3.84. The summed E-state index contributed by atoms with van der Waals surface area (Å²) in [6, 6.07) is 6.05. The van der Waals surface area contributed by atoms with E-state index in [1.807, 2.05) is 18.3 Å². The topological polar surface area (TPSA) is 41.9 Å². The van der Waals surface area contributed by atoms with E-state index in [9.17, 15) is 0 Å². The van der Waals surface area contributed by atoms with Gasteiger partial charge in [0.2, 0.25) is 0 Å². The van der Waals surface area contributed by atoms with Crippen molar-refractivity contribution in [3.8, 4) is 0 Å². The molecule has 116 valence electrons. The average molecular weight is 361 g/mol. The van der Waals surface area contributed by atoms with Crippen molar-refractivity contribution in [2.75, 3.05) is 6.54 Å². The van der Waals surface area contributed by atoms with Gasteiger partial charge in [-0.3, -0.25) is 4.90 Å². The van der Waals surface area contributed by atoms with Crippen molar-refractivity contribution in [1.29, 1.82) is 0 Å². The summed E-state index contributed by atoms with van der Waals surface area (Å²) < 4.78 is 0.889. The van der Waals surface area contributed by atoms with Crippen LogP contribution < -0.4 is 0 Å². The van der Waals surface area contributed by atoms with E-state index in [2.05, 4.69) is 57.6 Å². The number of halogens is 1. The molecular formula is C17H21BrN4. The summed E-state index contributed by atoms with van der Waals surface area (Å²) in [5, 5.41) is 0. The number of hydrogen-bond donors (Lipinski definition) is 0. The Kier molecular flexibility index (Phi) is 4.28. The molecule has 0 atom stereocenters. The van der Waals surface area contributed by atoms with Gasteiger partial charge in [-0.25, -0.2) is 15.0 Å². The lowest BCUT2D eigenvalue weighted by molar-refractivity contribution is 0.239. The van der Waals surface area contributed by atoms with Gasteiger partial charge in [-0.15, -0.1) is 0 Å². The van der Waals surface area contributed by atoms with E-state index >= 15 is 0 Å². The third kappa shape index (κ3) is 3.52. The van der Waals surface area contributed by atoms with Crippen LogP contribution in [-0.4, -0.2) is 26.4 Å². The van der Waals surface area contributed by atoms with Gasteiger partial charge < -0.3 is 0 Å². The minimum Gasteiger partial charge on any atom is -0.293 e. The summed E-state index contributed by atoms with van der Waals surface area (Å²) >= 11 is 3.43. The minimum atomic E-state index is 0.00635. The van der Waals surface area contributed by atoms with E-state index in [1.54, 1.807) is 0 Å². The van der Waals surface area contributed by atoms with Crippen molar-refractivity contribution in [2.24, 2.45) is 0 Å². The van der Waals surface area contributed by atoms with Crippen LogP contribution in [0.25, 0.3) is 0 Å². The van der Waals surface area contributed by atoms with Crippen molar-refractivity contribution in [3.05, 3.63) is 51.8 Å². The lowest BCUT2D eigenvalue weighted by atomic mass is 9.95. The SMILES string of the molecule is CC(C)(C)c1ncc2c(n1)CCN(Cc1cccc(Br)n1)C2. The molecule has 3 heterocycles. The molecule has 0 aromatic carbocycles. The van der Waals surface area contributed by atoms with Crippen molar-refractivity contribution >= 4 is 15.9 Å². The van der Waals surface area contributed by atoms with Crippen LogP contribution in [0.1, 0.15) is 43.5 Å². The zero-order chi connectivity index (χ0) is 15.7. The Balaban J connectivity index is 1.74. The Morgan fingerprint density at radius 2 is 2.05 bits per heavy atom. The van der Waals surface area contributed by atoms with Gasteiger partial charge in [0.15, 0.2) is 0 Å². The molecule has 2 aromatic heterocycles. The quantitative estimate of drug-likeness (QED) is 0.768. The van der Waals surface area contributed by atoms with Gasteiger partial charge in [0.05, 0.1) is 5.69 Å². The first-order valence-corrected chi connectivity index (χ1v) is 8.40. The van der Waals surface area contributed by atoms with E-state index in [0.29, 0.717) is 0 Å². The number of hydrogen-bond acceptors (Lipinski definition) is 4. The summed E-state index contributed by atoms with van der Waals surface area (Å²) in [6.07, 6.45) is 2.98. The van der Waals surface area contributed by atoms with Gasteiger partial charge in [-0.05, 0) is 28.1 Å². The van der Waals surface area contributed by atoms with Gasteiger partial charge in [0.25, 0.3) is 0 Å². The van der Waals surface area contributed by atoms with Gasteiger partial charge in [0, 0.05) is 48.9 Å². The highest BCUT2D eigenvalue weighted by Crippen LogP contribution is 2.23. The monoisotopic (exact) mass is 360 g/mol. The lowest BCUT2D eigenvalue weighted by Gasteiger charge is -2.28. The molecule has 1 aliphatic rings. The second-order valence-electron chi connectivity index (χ2n) is 6.83. The normalized spacial score (nSPS) is 15.6. The summed E-state index contributed by atoms with van der Waals surface area (Å²) in [4.78, 5) is 16.3. The largest absolute Gasteiger partial charge is 0.293 e. The molecule has 0 bridgehead atoms. The maximum absolute atomic E-state index is 4.78. The second-order valence-corrected chi connectivity index (χ2v) is 7.64. The molecular weight excluding hydrogens is 340 g/mol. The van der Waals surface area contributed by atoms with E-state index in [-0.39, 0.29) is 5.41 Å². The fourth-order valence-electron chi connectivity index (χ4n) is 2.64. The average Bonchev–Trinajstić information content (AvgIpc) is 2.45. The number of pyridine rings is 1. The highest BCUT2D eigenvalue weighted by Gasteiger charge is 2.23. The van der Waals surface area contributed by atoms with Crippen LogP contribution in [0.5, 0.6) is 0 Å². The molecule has 1 aliphatic heterocycles. The molecule has 0 radical (unpaired) electrons. The molecule has 2 aromatic rings. The van der Waals surface area contributed by atoms with Crippen LogP contribution in [0.3, 0.4) is 0 Å². The van der Waals surface area contributed by atoms with Crippen molar-refractivity contribution < 1.29 is 0 Å². The van der Waals surface area contributed by atoms with Gasteiger partial charge >= 0.3 is 0 Å². The second kappa shape index (κ2) is 6.05. The van der Waals surface area contributed by atoms with Crippen molar-refractivity contribution in [2.45, 2.75) is 45.7 Å². The first kappa shape index (κ1) is 15.6. The maximum atomic E-state index is 4.78. The molecule has 5 heteroatoms. The predicted octanol–water partition coefficient (Wildman–Crippen LogP) is 3.49. The zero-order valence-electron chi connectivity index (χ0n) is 13.3. The summed E-state index contributed by atoms with van der Waals surface area (Å²) in [7, 11) is 0. The van der Waals surface area contributed by atoms with Gasteiger partial charge in [-0.1, -0.05) is 26.8 Å². The molecule has 0 N–H and O–H groups in total. The fourth-order valence-corrected chi connectivity index (χ4v) is 3.02. The van der Waals surface area contributed by atoms with Gasteiger partial charge in [-0.2, -0.15) is 0 Å². The Hall–Kier alpha value is -1.33. The lowest BCUT2D eigenvalue weighted by Crippen LogP contribution is -2.32. The van der Waals surface area contributed by atoms with Crippen LogP contribution >= 0.6 is 15.9 Å². The fraction of sp³-hybridized carbons (Fsp3) is 0.471. The molecule has 3 rings (SSSR count). The van der Waals surface area contributed by atoms with Crippen LogP contribution in [0.4, 0.5) is 0 Å². The smallest absolute Gasteiger partial charge is 0.133 e. The number of fused-ring (bicyclic) bond motifs is 1. The highest BCUT2D eigenvalue weighted by molar-refractivity contribution is 9.10. The predicted molar refractivity (Wildman–Crippen MR) is 90.5 cm³/mol. The van der Waals surface area contributed by atoms with Gasteiger partial charge in [0.1, 0.15) is 10.4 Å². The highest BCUT2D eigenvalue weighted by atomic mass is 79.9. The standard InChI is InChI=1S/C17H21BrN4/c1-17(2,3)16-19-9-12-10-22(8-7-14(12)21-16)11-13-5-4-6-15(18)20-13/h4-6,9H,7-8,10-11H2,1-3H3. The summed E-state index contributed by atoms with van der Waals surface area (Å²) in [6.45, 7) is 9.24. The maximum Gasteiger partial charge on any atom is 0.133 e. The molecule has 0 unspecified atom stereocenters. The molecule has 0 amide bonds. The van der Waals surface area contributed by atoms with E-state index in [4.69, 9.17) is 4.98 Å². The molecule has 0 aliphatic carbocycles. The minimum absolute atomic E-state index is 0.00635. The molecule has 22 heavy (non-hydrogen) atoms. The number of nitrogens with zero attached hydrogens (tertiary/aromatic N) is 4. The Bertz CT molecular complexity index is 679. The molecule has 0 saturated carbocycles. The Morgan fingerprint density at radius 1 is 1.23 bits per heavy atom. The first-order valence-electron chi connectivity index (χ1n) is 7.61. The van der Waals surface area contributed by atoms with Crippen molar-refractivity contribution in [1.82, 2.24) is 19.9 Å². The molecule has 0 saturated heterocycles. The van der Waals surface area contributed by atoms with Crippen molar-refractivity contribution in [3.63, 3.8) is 0 Å². The molecule has 0 spiro atoms. The van der Waals surface area contributed by atoms with E-state index in [1.165, 1.54) is 11.3 Å². The molecule has 0 fully saturated rings. The van der Waals surface area contributed by atoms with E-state index in [0.717, 1.165) is 42.2 Å². The van der Waals surface area contributed by atoms with Crippen LogP contribution in [0.2, 0.25) is 0 Å². The number of rotatable bonds is 2. The van der Waals surface area contributed by atoms with Crippen LogP contribution in [-0.2, 0) is 24.9 Å². The Morgan fingerprint density at radius 3 is 2.77 bits per heavy atom. The van der Waals surface area contributed by atoms with Crippen LogP contribution in [0, 0.1) is 0 Å². The molecule has 4 nitrogen and oxygen atoms in total. The third-order valence-corrected chi connectivity index (χ3v) is 4.28. The van der Waals surface area contributed by atoms with Crippen LogP contribution in [0.15, 0.2) is 29.0 Å². The zero-order valence-corrected chi connectivity index (χ0v) is 14.9.